The van der Waals surface area contributed by atoms with Gasteiger partial charge in [-0.2, -0.15) is 0 Å². The second kappa shape index (κ2) is 4.70. The lowest BCUT2D eigenvalue weighted by molar-refractivity contribution is 0.357. The predicted molar refractivity (Wildman–Crippen MR) is 89.6 cm³/mol. The number of benzene rings is 1. The van der Waals surface area contributed by atoms with E-state index in [9.17, 15) is 0 Å². The maximum atomic E-state index is 4.66. The minimum absolute atomic E-state index is 0.294. The fourth-order valence-corrected chi connectivity index (χ4v) is 3.98. The molecule has 2 aliphatic heterocycles. The highest BCUT2D eigenvalue weighted by molar-refractivity contribution is 5.81. The molecule has 2 aliphatic rings. The molecule has 4 rings (SSSR count). The first kappa shape index (κ1) is 13.6. The van der Waals surface area contributed by atoms with Gasteiger partial charge in [0.15, 0.2) is 11.6 Å². The molecule has 3 atom stereocenters. The lowest BCUT2D eigenvalue weighted by atomic mass is 9.81. The summed E-state index contributed by atoms with van der Waals surface area (Å²) in [7, 11) is 0. The van der Waals surface area contributed by atoms with Gasteiger partial charge in [-0.05, 0) is 31.4 Å². The zero-order chi connectivity index (χ0) is 15.4. The van der Waals surface area contributed by atoms with Crippen molar-refractivity contribution in [1.82, 2.24) is 9.97 Å². The van der Waals surface area contributed by atoms with Gasteiger partial charge in [0, 0.05) is 30.0 Å². The van der Waals surface area contributed by atoms with Gasteiger partial charge in [0.25, 0.3) is 0 Å². The zero-order valence-electron chi connectivity index (χ0n) is 13.6. The number of fused-ring (bicyclic) bond motifs is 5. The number of aromatic nitrogens is 2. The molecule has 2 unspecified atom stereocenters. The molecule has 22 heavy (non-hydrogen) atoms. The van der Waals surface area contributed by atoms with Crippen molar-refractivity contribution in [2.24, 2.45) is 5.92 Å². The Kier molecular flexibility index (Phi) is 2.90. The molecule has 2 aromatic rings. The molecular weight excluding hydrogens is 272 g/mol. The van der Waals surface area contributed by atoms with Crippen LogP contribution in [0.3, 0.4) is 0 Å². The van der Waals surface area contributed by atoms with Crippen LogP contribution in [0.5, 0.6) is 0 Å². The lowest BCUT2D eigenvalue weighted by Gasteiger charge is -2.45. The molecule has 0 bridgehead atoms. The number of rotatable bonds is 1. The summed E-state index contributed by atoms with van der Waals surface area (Å²) in [5.74, 6) is 3.03. The average molecular weight is 294 g/mol. The van der Waals surface area contributed by atoms with Crippen LogP contribution in [-0.4, -0.2) is 22.2 Å². The highest BCUT2D eigenvalue weighted by Crippen LogP contribution is 2.52. The third-order valence-electron chi connectivity index (χ3n) is 5.18. The summed E-state index contributed by atoms with van der Waals surface area (Å²) in [6.07, 6.45) is 3.89. The topological polar surface area (TPSA) is 32.3 Å². The van der Waals surface area contributed by atoms with Crippen molar-refractivity contribution in [3.63, 3.8) is 0 Å². The summed E-state index contributed by atoms with van der Waals surface area (Å²) in [6.45, 7) is 9.16. The molecule has 0 saturated carbocycles. The SMILES string of the molecule is CC1C2N(c3ccccc3[C@H]1C)c1nccnc1N2C(C)C. The Bertz CT molecular complexity index is 712. The van der Waals surface area contributed by atoms with Gasteiger partial charge in [0.05, 0.1) is 0 Å². The molecule has 0 aliphatic carbocycles. The molecule has 1 aromatic carbocycles. The number of para-hydroxylation sites is 1. The van der Waals surface area contributed by atoms with Gasteiger partial charge in [0.2, 0.25) is 0 Å². The van der Waals surface area contributed by atoms with Crippen molar-refractivity contribution in [3.05, 3.63) is 42.2 Å². The highest BCUT2D eigenvalue weighted by atomic mass is 15.5. The second-order valence-corrected chi connectivity index (χ2v) is 6.69. The number of hydrogen-bond donors (Lipinski definition) is 0. The van der Waals surface area contributed by atoms with Gasteiger partial charge in [-0.3, -0.25) is 0 Å². The van der Waals surface area contributed by atoms with Crippen molar-refractivity contribution in [2.45, 2.75) is 45.8 Å². The lowest BCUT2D eigenvalue weighted by Crippen LogP contribution is -2.52. The fourth-order valence-electron chi connectivity index (χ4n) is 3.98. The Balaban J connectivity index is 1.97. The molecular formula is C18H22N4. The van der Waals surface area contributed by atoms with Crippen LogP contribution in [0, 0.1) is 5.92 Å². The van der Waals surface area contributed by atoms with Gasteiger partial charge in [-0.15, -0.1) is 0 Å². The predicted octanol–water partition coefficient (Wildman–Crippen LogP) is 3.92. The average Bonchev–Trinajstić information content (AvgIpc) is 2.88. The van der Waals surface area contributed by atoms with E-state index in [4.69, 9.17) is 0 Å². The minimum Gasteiger partial charge on any atom is -0.330 e. The molecule has 0 amide bonds. The Morgan fingerprint density at radius 2 is 1.68 bits per heavy atom. The van der Waals surface area contributed by atoms with Gasteiger partial charge < -0.3 is 9.80 Å². The zero-order valence-corrected chi connectivity index (χ0v) is 13.6. The van der Waals surface area contributed by atoms with Crippen molar-refractivity contribution >= 4 is 17.3 Å². The first-order valence-corrected chi connectivity index (χ1v) is 8.08. The van der Waals surface area contributed by atoms with E-state index in [0.29, 0.717) is 24.0 Å². The van der Waals surface area contributed by atoms with E-state index >= 15 is 0 Å². The summed E-state index contributed by atoms with van der Waals surface area (Å²) in [5.41, 5.74) is 2.69. The molecule has 0 saturated heterocycles. The van der Waals surface area contributed by atoms with Gasteiger partial charge in [0.1, 0.15) is 6.17 Å². The van der Waals surface area contributed by atoms with E-state index in [1.807, 2.05) is 0 Å². The standard InChI is InChI=1S/C18H22N4/c1-11(2)21-16-17(20-10-9-19-16)22-15-8-6-5-7-14(15)12(3)13(4)18(21)22/h5-13,18H,1-4H3/t12-,13?,18?/m0/s1. The monoisotopic (exact) mass is 294 g/mol. The van der Waals surface area contributed by atoms with Crippen molar-refractivity contribution in [2.75, 3.05) is 9.80 Å². The van der Waals surface area contributed by atoms with E-state index < -0.39 is 0 Å². The third-order valence-corrected chi connectivity index (χ3v) is 5.18. The van der Waals surface area contributed by atoms with E-state index in [0.717, 1.165) is 11.6 Å². The maximum absolute atomic E-state index is 4.66. The largest absolute Gasteiger partial charge is 0.330 e. The quantitative estimate of drug-likeness (QED) is 0.798. The van der Waals surface area contributed by atoms with E-state index in [-0.39, 0.29) is 0 Å². The molecule has 0 spiro atoms. The van der Waals surface area contributed by atoms with Crippen molar-refractivity contribution in [3.8, 4) is 0 Å². The van der Waals surface area contributed by atoms with Gasteiger partial charge in [-0.1, -0.05) is 32.0 Å². The Hall–Kier alpha value is -2.10. The molecule has 4 nitrogen and oxygen atoms in total. The maximum Gasteiger partial charge on any atom is 0.178 e. The van der Waals surface area contributed by atoms with Crippen LogP contribution in [-0.2, 0) is 0 Å². The molecule has 0 N–H and O–H groups in total. The van der Waals surface area contributed by atoms with Crippen LogP contribution in [0.1, 0.15) is 39.2 Å². The molecule has 0 fully saturated rings. The number of hydrogen-bond acceptors (Lipinski definition) is 4. The van der Waals surface area contributed by atoms with Crippen molar-refractivity contribution < 1.29 is 0 Å². The molecule has 4 heteroatoms. The van der Waals surface area contributed by atoms with Crippen LogP contribution in [0.4, 0.5) is 17.3 Å². The van der Waals surface area contributed by atoms with Gasteiger partial charge >= 0.3 is 0 Å². The van der Waals surface area contributed by atoms with Crippen LogP contribution in [0.25, 0.3) is 0 Å². The highest BCUT2D eigenvalue weighted by Gasteiger charge is 2.48. The smallest absolute Gasteiger partial charge is 0.178 e. The van der Waals surface area contributed by atoms with E-state index in [1.165, 1.54) is 11.3 Å². The Labute approximate surface area is 131 Å². The normalized spacial score (nSPS) is 26.0. The molecule has 3 heterocycles. The Morgan fingerprint density at radius 3 is 2.41 bits per heavy atom. The second-order valence-electron chi connectivity index (χ2n) is 6.69. The molecule has 0 radical (unpaired) electrons. The molecule has 1 aromatic heterocycles. The number of nitrogens with zero attached hydrogens (tertiary/aromatic N) is 4. The summed E-state index contributed by atoms with van der Waals surface area (Å²) >= 11 is 0. The van der Waals surface area contributed by atoms with Crippen LogP contribution in [0.15, 0.2) is 36.7 Å². The fraction of sp³-hybridized carbons (Fsp3) is 0.444. The Morgan fingerprint density at radius 1 is 1.00 bits per heavy atom. The number of anilines is 3. The minimum atomic E-state index is 0.294. The van der Waals surface area contributed by atoms with E-state index in [1.54, 1.807) is 12.4 Å². The van der Waals surface area contributed by atoms with Gasteiger partial charge in [-0.25, -0.2) is 9.97 Å². The molecule has 114 valence electrons. The van der Waals surface area contributed by atoms with Crippen LogP contribution in [0.2, 0.25) is 0 Å². The van der Waals surface area contributed by atoms with Crippen LogP contribution < -0.4 is 9.80 Å². The van der Waals surface area contributed by atoms with E-state index in [2.05, 4.69) is 71.7 Å². The summed E-state index contributed by atoms with van der Waals surface area (Å²) in [6, 6.07) is 9.11. The van der Waals surface area contributed by atoms with Crippen molar-refractivity contribution in [1.29, 1.82) is 0 Å². The summed E-state index contributed by atoms with van der Waals surface area (Å²) in [5, 5.41) is 0. The first-order valence-electron chi connectivity index (χ1n) is 8.08. The third kappa shape index (κ3) is 1.64. The van der Waals surface area contributed by atoms with Crippen LogP contribution >= 0.6 is 0 Å². The first-order chi connectivity index (χ1) is 10.6. The summed E-state index contributed by atoms with van der Waals surface area (Å²) in [4.78, 5) is 14.1. The summed E-state index contributed by atoms with van der Waals surface area (Å²) < 4.78 is 0.